The maximum Gasteiger partial charge on any atom is 0.273 e. The number of benzene rings is 1. The van der Waals surface area contributed by atoms with Gasteiger partial charge in [-0.15, -0.1) is 0 Å². The molecule has 0 saturated carbocycles. The predicted octanol–water partition coefficient (Wildman–Crippen LogP) is 2.23. The van der Waals surface area contributed by atoms with Gasteiger partial charge in [-0.05, 0) is 31.7 Å². The first-order valence-electron chi connectivity index (χ1n) is 7.70. The van der Waals surface area contributed by atoms with E-state index in [9.17, 15) is 4.79 Å². The van der Waals surface area contributed by atoms with Gasteiger partial charge in [0.2, 0.25) is 0 Å². The normalized spacial score (nSPS) is 11.3. The van der Waals surface area contributed by atoms with Crippen LogP contribution in [0.15, 0.2) is 53.5 Å². The quantitative estimate of drug-likeness (QED) is 0.725. The summed E-state index contributed by atoms with van der Waals surface area (Å²) in [5.74, 6) is 0. The van der Waals surface area contributed by atoms with Crippen molar-refractivity contribution in [3.8, 4) is 0 Å². The van der Waals surface area contributed by atoms with E-state index in [2.05, 4.69) is 34.0 Å². The van der Waals surface area contributed by atoms with Gasteiger partial charge in [0.05, 0.1) is 0 Å². The maximum atomic E-state index is 12.4. The molecule has 0 fully saturated rings. The standard InChI is InChI=1S/C18H20N4O/c1-14-18(23)22(17-16(20-14)9-6-10-19-17)12-11-21(2)13-15-7-4-3-5-8-15/h3-10H,11-13H2,1-2H3. The van der Waals surface area contributed by atoms with Crippen molar-refractivity contribution < 1.29 is 0 Å². The van der Waals surface area contributed by atoms with Gasteiger partial charge in [0, 0.05) is 25.8 Å². The topological polar surface area (TPSA) is 51.0 Å². The summed E-state index contributed by atoms with van der Waals surface area (Å²) < 4.78 is 1.72. The Morgan fingerprint density at radius 3 is 2.70 bits per heavy atom. The first-order chi connectivity index (χ1) is 11.1. The van der Waals surface area contributed by atoms with Gasteiger partial charge in [-0.1, -0.05) is 30.3 Å². The molecule has 0 aliphatic carbocycles. The average molecular weight is 308 g/mol. The smallest absolute Gasteiger partial charge is 0.273 e. The molecule has 0 spiro atoms. The van der Waals surface area contributed by atoms with E-state index in [4.69, 9.17) is 0 Å². The minimum absolute atomic E-state index is 0.0655. The van der Waals surface area contributed by atoms with Crippen molar-refractivity contribution in [3.05, 3.63) is 70.3 Å². The van der Waals surface area contributed by atoms with E-state index < -0.39 is 0 Å². The van der Waals surface area contributed by atoms with Crippen LogP contribution in [0.3, 0.4) is 0 Å². The molecule has 118 valence electrons. The molecule has 0 amide bonds. The van der Waals surface area contributed by atoms with E-state index in [1.807, 2.05) is 30.3 Å². The van der Waals surface area contributed by atoms with E-state index in [-0.39, 0.29) is 5.56 Å². The lowest BCUT2D eigenvalue weighted by atomic mass is 10.2. The molecule has 2 heterocycles. The molecule has 3 rings (SSSR count). The minimum Gasteiger partial charge on any atom is -0.300 e. The Morgan fingerprint density at radius 2 is 1.91 bits per heavy atom. The fourth-order valence-corrected chi connectivity index (χ4v) is 2.66. The molecule has 23 heavy (non-hydrogen) atoms. The molecule has 2 aromatic heterocycles. The fraction of sp³-hybridized carbons (Fsp3) is 0.278. The lowest BCUT2D eigenvalue weighted by molar-refractivity contribution is 0.311. The van der Waals surface area contributed by atoms with E-state index >= 15 is 0 Å². The molecule has 0 unspecified atom stereocenters. The summed E-state index contributed by atoms with van der Waals surface area (Å²) in [7, 11) is 2.06. The van der Waals surface area contributed by atoms with Crippen LogP contribution in [0.1, 0.15) is 11.3 Å². The van der Waals surface area contributed by atoms with Gasteiger partial charge >= 0.3 is 0 Å². The van der Waals surface area contributed by atoms with Crippen LogP contribution in [-0.4, -0.2) is 33.0 Å². The summed E-state index contributed by atoms with van der Waals surface area (Å²) in [6.07, 6.45) is 1.70. The van der Waals surface area contributed by atoms with Crippen LogP contribution in [0, 0.1) is 6.92 Å². The van der Waals surface area contributed by atoms with Gasteiger partial charge in [0.15, 0.2) is 5.65 Å². The first-order valence-corrected chi connectivity index (χ1v) is 7.70. The number of likely N-dealkylation sites (N-methyl/N-ethyl adjacent to an activating group) is 1. The monoisotopic (exact) mass is 308 g/mol. The van der Waals surface area contributed by atoms with Crippen molar-refractivity contribution in [2.75, 3.05) is 13.6 Å². The van der Waals surface area contributed by atoms with Gasteiger partial charge in [-0.25, -0.2) is 9.97 Å². The molecule has 0 bridgehead atoms. The molecule has 0 radical (unpaired) electrons. The molecule has 5 heteroatoms. The SMILES string of the molecule is Cc1nc2cccnc2n(CCN(C)Cc2ccccc2)c1=O. The summed E-state index contributed by atoms with van der Waals surface area (Å²) in [5, 5.41) is 0. The van der Waals surface area contributed by atoms with Crippen LogP contribution in [-0.2, 0) is 13.1 Å². The van der Waals surface area contributed by atoms with Crippen molar-refractivity contribution in [2.45, 2.75) is 20.0 Å². The summed E-state index contributed by atoms with van der Waals surface area (Å²) in [6, 6.07) is 14.0. The van der Waals surface area contributed by atoms with Crippen molar-refractivity contribution >= 4 is 11.2 Å². The van der Waals surface area contributed by atoms with Gasteiger partial charge in [0.25, 0.3) is 5.56 Å². The highest BCUT2D eigenvalue weighted by molar-refractivity contribution is 5.69. The largest absolute Gasteiger partial charge is 0.300 e. The molecule has 5 nitrogen and oxygen atoms in total. The van der Waals surface area contributed by atoms with Crippen LogP contribution in [0.4, 0.5) is 0 Å². The van der Waals surface area contributed by atoms with E-state index in [0.29, 0.717) is 17.9 Å². The van der Waals surface area contributed by atoms with Gasteiger partial charge < -0.3 is 4.90 Å². The van der Waals surface area contributed by atoms with Crippen molar-refractivity contribution in [3.63, 3.8) is 0 Å². The highest BCUT2D eigenvalue weighted by Crippen LogP contribution is 2.07. The second-order valence-electron chi connectivity index (χ2n) is 5.72. The third kappa shape index (κ3) is 3.46. The molecule has 0 aliphatic rings. The number of pyridine rings is 1. The Morgan fingerprint density at radius 1 is 1.13 bits per heavy atom. The molecule has 0 atom stereocenters. The van der Waals surface area contributed by atoms with Crippen molar-refractivity contribution in [1.82, 2.24) is 19.4 Å². The number of hydrogen-bond acceptors (Lipinski definition) is 4. The molecule has 0 N–H and O–H groups in total. The molecule has 3 aromatic rings. The van der Waals surface area contributed by atoms with Gasteiger partial charge in [0.1, 0.15) is 11.2 Å². The Labute approximate surface area is 135 Å². The average Bonchev–Trinajstić information content (AvgIpc) is 2.56. The number of aromatic nitrogens is 3. The molecule has 0 saturated heterocycles. The third-order valence-corrected chi connectivity index (χ3v) is 3.87. The second kappa shape index (κ2) is 6.71. The Balaban J connectivity index is 1.79. The summed E-state index contributed by atoms with van der Waals surface area (Å²) in [5.41, 5.74) is 3.11. The molecular formula is C18H20N4O. The Hall–Kier alpha value is -2.53. The molecule has 1 aromatic carbocycles. The zero-order valence-corrected chi connectivity index (χ0v) is 13.4. The van der Waals surface area contributed by atoms with Crippen LogP contribution in [0.2, 0.25) is 0 Å². The Kier molecular flexibility index (Phi) is 4.48. The summed E-state index contributed by atoms with van der Waals surface area (Å²) in [4.78, 5) is 23.2. The fourth-order valence-electron chi connectivity index (χ4n) is 2.66. The van der Waals surface area contributed by atoms with E-state index in [1.54, 1.807) is 17.7 Å². The molecular weight excluding hydrogens is 288 g/mol. The maximum absolute atomic E-state index is 12.4. The number of aryl methyl sites for hydroxylation is 1. The number of hydrogen-bond donors (Lipinski definition) is 0. The predicted molar refractivity (Wildman–Crippen MR) is 91.3 cm³/mol. The highest BCUT2D eigenvalue weighted by Gasteiger charge is 2.09. The van der Waals surface area contributed by atoms with Crippen LogP contribution in [0.25, 0.3) is 11.2 Å². The zero-order chi connectivity index (χ0) is 16.2. The van der Waals surface area contributed by atoms with Gasteiger partial charge in [-0.2, -0.15) is 0 Å². The van der Waals surface area contributed by atoms with E-state index in [0.717, 1.165) is 18.6 Å². The second-order valence-corrected chi connectivity index (χ2v) is 5.72. The summed E-state index contributed by atoms with van der Waals surface area (Å²) >= 11 is 0. The number of rotatable bonds is 5. The highest BCUT2D eigenvalue weighted by atomic mass is 16.1. The van der Waals surface area contributed by atoms with Gasteiger partial charge in [-0.3, -0.25) is 9.36 Å². The minimum atomic E-state index is -0.0655. The van der Waals surface area contributed by atoms with Crippen LogP contribution < -0.4 is 5.56 Å². The number of nitrogens with zero attached hydrogens (tertiary/aromatic N) is 4. The first kappa shape index (κ1) is 15.4. The Bertz CT molecular complexity index is 858. The van der Waals surface area contributed by atoms with E-state index in [1.165, 1.54) is 5.56 Å². The lowest BCUT2D eigenvalue weighted by Gasteiger charge is -2.18. The molecule has 0 aliphatic heterocycles. The number of fused-ring (bicyclic) bond motifs is 1. The van der Waals surface area contributed by atoms with Crippen molar-refractivity contribution in [2.24, 2.45) is 0 Å². The van der Waals surface area contributed by atoms with Crippen molar-refractivity contribution in [1.29, 1.82) is 0 Å². The third-order valence-electron chi connectivity index (χ3n) is 3.87. The summed E-state index contributed by atoms with van der Waals surface area (Å²) in [6.45, 7) is 3.97. The van der Waals surface area contributed by atoms with Crippen LogP contribution >= 0.6 is 0 Å². The zero-order valence-electron chi connectivity index (χ0n) is 13.4. The van der Waals surface area contributed by atoms with Crippen LogP contribution in [0.5, 0.6) is 0 Å². The lowest BCUT2D eigenvalue weighted by Crippen LogP contribution is -2.30.